The van der Waals surface area contributed by atoms with Crippen LogP contribution in [0.1, 0.15) is 56.8 Å². The zero-order chi connectivity index (χ0) is 13.5. The van der Waals surface area contributed by atoms with Crippen molar-refractivity contribution in [1.29, 1.82) is 0 Å². The van der Waals surface area contributed by atoms with Gasteiger partial charge in [0.2, 0.25) is 0 Å². The van der Waals surface area contributed by atoms with Crippen molar-refractivity contribution in [2.45, 2.75) is 63.5 Å². The Balaban J connectivity index is 1.75. The van der Waals surface area contributed by atoms with E-state index in [0.29, 0.717) is 6.10 Å². The summed E-state index contributed by atoms with van der Waals surface area (Å²) in [6.45, 7) is 4.49. The summed E-state index contributed by atoms with van der Waals surface area (Å²) in [5, 5.41) is 0.279. The highest BCUT2D eigenvalue weighted by molar-refractivity contribution is 6.21. The molecule has 0 aliphatic heterocycles. The van der Waals surface area contributed by atoms with Crippen molar-refractivity contribution in [3.05, 3.63) is 35.4 Å². The molecule has 2 aliphatic rings. The van der Waals surface area contributed by atoms with E-state index in [9.17, 15) is 0 Å². The fraction of sp³-hybridized carbons (Fsp3) is 0.647. The average molecular weight is 279 g/mol. The second-order valence-electron chi connectivity index (χ2n) is 6.27. The van der Waals surface area contributed by atoms with Gasteiger partial charge in [-0.2, -0.15) is 0 Å². The number of fused-ring (bicyclic) bond motifs is 1. The maximum absolute atomic E-state index is 6.45. The summed E-state index contributed by atoms with van der Waals surface area (Å²) in [4.78, 5) is 0. The predicted molar refractivity (Wildman–Crippen MR) is 79.7 cm³/mol. The molecule has 0 spiro atoms. The van der Waals surface area contributed by atoms with Crippen LogP contribution in [0.5, 0.6) is 0 Å². The minimum absolute atomic E-state index is 0.161. The van der Waals surface area contributed by atoms with Gasteiger partial charge in [0.05, 0.1) is 12.2 Å². The van der Waals surface area contributed by atoms with Crippen LogP contribution >= 0.6 is 11.6 Å². The zero-order valence-electron chi connectivity index (χ0n) is 11.9. The molecule has 4 atom stereocenters. The Hall–Kier alpha value is -0.530. The Morgan fingerprint density at radius 3 is 2.89 bits per heavy atom. The summed E-state index contributed by atoms with van der Waals surface area (Å²) >= 11 is 6.39. The molecule has 3 rings (SSSR count). The molecule has 0 aromatic heterocycles. The summed E-state index contributed by atoms with van der Waals surface area (Å²) in [6.07, 6.45) is 6.30. The second kappa shape index (κ2) is 5.10. The van der Waals surface area contributed by atoms with E-state index in [2.05, 4.69) is 38.1 Å². The Labute approximate surface area is 121 Å². The SMILES string of the molecule is CCC1(C)C(Cl)CC1OC1CCCc2ccccc21. The Morgan fingerprint density at radius 2 is 2.16 bits per heavy atom. The van der Waals surface area contributed by atoms with Crippen LogP contribution in [0.2, 0.25) is 0 Å². The highest BCUT2D eigenvalue weighted by atomic mass is 35.5. The summed E-state index contributed by atoms with van der Waals surface area (Å²) in [6, 6.07) is 8.74. The minimum atomic E-state index is 0.161. The van der Waals surface area contributed by atoms with Gasteiger partial charge in [0.25, 0.3) is 0 Å². The number of alkyl halides is 1. The van der Waals surface area contributed by atoms with Crippen LogP contribution in [0.15, 0.2) is 24.3 Å². The molecule has 2 aliphatic carbocycles. The quantitative estimate of drug-likeness (QED) is 0.716. The fourth-order valence-corrected chi connectivity index (χ4v) is 3.93. The number of hydrogen-bond donors (Lipinski definition) is 0. The third kappa shape index (κ3) is 2.21. The molecule has 19 heavy (non-hydrogen) atoms. The van der Waals surface area contributed by atoms with Gasteiger partial charge < -0.3 is 4.74 Å². The second-order valence-corrected chi connectivity index (χ2v) is 6.79. The summed E-state index contributed by atoms with van der Waals surface area (Å²) in [7, 11) is 0. The first-order valence-corrected chi connectivity index (χ1v) is 7.96. The van der Waals surface area contributed by atoms with Crippen LogP contribution < -0.4 is 0 Å². The molecule has 0 bridgehead atoms. The van der Waals surface area contributed by atoms with Crippen LogP contribution in [0, 0.1) is 5.41 Å². The molecule has 0 saturated heterocycles. The lowest BCUT2D eigenvalue weighted by atomic mass is 9.65. The molecule has 1 fully saturated rings. The first-order chi connectivity index (χ1) is 9.15. The molecule has 4 unspecified atom stereocenters. The Bertz CT molecular complexity index is 458. The average Bonchev–Trinajstić information content (AvgIpc) is 2.46. The van der Waals surface area contributed by atoms with Crippen molar-refractivity contribution in [1.82, 2.24) is 0 Å². The molecule has 1 saturated carbocycles. The number of ether oxygens (including phenoxy) is 1. The Kier molecular flexibility index (Phi) is 3.61. The van der Waals surface area contributed by atoms with Gasteiger partial charge in [-0.1, -0.05) is 38.1 Å². The molecule has 2 heteroatoms. The van der Waals surface area contributed by atoms with Crippen LogP contribution in [0.25, 0.3) is 0 Å². The topological polar surface area (TPSA) is 9.23 Å². The number of rotatable bonds is 3. The van der Waals surface area contributed by atoms with Gasteiger partial charge in [-0.3, -0.25) is 0 Å². The first kappa shape index (κ1) is 13.5. The van der Waals surface area contributed by atoms with Crippen LogP contribution in [0.3, 0.4) is 0 Å². The van der Waals surface area contributed by atoms with E-state index < -0.39 is 0 Å². The van der Waals surface area contributed by atoms with Gasteiger partial charge in [0, 0.05) is 10.8 Å². The van der Waals surface area contributed by atoms with Crippen LogP contribution in [0.4, 0.5) is 0 Å². The maximum Gasteiger partial charge on any atom is 0.0831 e. The van der Waals surface area contributed by atoms with Gasteiger partial charge in [0.15, 0.2) is 0 Å². The van der Waals surface area contributed by atoms with Gasteiger partial charge in [-0.15, -0.1) is 11.6 Å². The van der Waals surface area contributed by atoms with Crippen molar-refractivity contribution < 1.29 is 4.74 Å². The molecule has 0 N–H and O–H groups in total. The first-order valence-electron chi connectivity index (χ1n) is 7.52. The number of benzene rings is 1. The van der Waals surface area contributed by atoms with E-state index in [1.165, 1.54) is 24.0 Å². The molecule has 0 radical (unpaired) electrons. The predicted octanol–water partition coefficient (Wildman–Crippen LogP) is 4.88. The number of hydrogen-bond acceptors (Lipinski definition) is 1. The molecular formula is C17H23ClO. The summed E-state index contributed by atoms with van der Waals surface area (Å²) < 4.78 is 6.45. The zero-order valence-corrected chi connectivity index (χ0v) is 12.6. The van der Waals surface area contributed by atoms with Gasteiger partial charge in [0.1, 0.15) is 0 Å². The van der Waals surface area contributed by atoms with E-state index in [1.807, 2.05) is 0 Å². The summed E-state index contributed by atoms with van der Waals surface area (Å²) in [5.74, 6) is 0. The third-order valence-electron chi connectivity index (χ3n) is 5.28. The normalized spacial score (nSPS) is 37.5. The van der Waals surface area contributed by atoms with Crippen LogP contribution in [-0.4, -0.2) is 11.5 Å². The maximum atomic E-state index is 6.45. The van der Waals surface area contributed by atoms with E-state index >= 15 is 0 Å². The third-order valence-corrected chi connectivity index (χ3v) is 5.95. The lowest BCUT2D eigenvalue weighted by molar-refractivity contribution is -0.139. The van der Waals surface area contributed by atoms with Crippen molar-refractivity contribution in [3.63, 3.8) is 0 Å². The molecule has 1 aromatic carbocycles. The lowest BCUT2D eigenvalue weighted by Gasteiger charge is -2.52. The highest BCUT2D eigenvalue weighted by Gasteiger charge is 2.51. The van der Waals surface area contributed by atoms with Gasteiger partial charge in [-0.25, -0.2) is 0 Å². The van der Waals surface area contributed by atoms with Gasteiger partial charge >= 0.3 is 0 Å². The highest BCUT2D eigenvalue weighted by Crippen LogP contribution is 2.51. The van der Waals surface area contributed by atoms with Crippen molar-refractivity contribution >= 4 is 11.6 Å². The molecule has 1 nitrogen and oxygen atoms in total. The summed E-state index contributed by atoms with van der Waals surface area (Å²) in [5.41, 5.74) is 3.04. The largest absolute Gasteiger partial charge is 0.370 e. The number of halogens is 1. The molecular weight excluding hydrogens is 256 g/mol. The van der Waals surface area contributed by atoms with Crippen molar-refractivity contribution in [2.75, 3.05) is 0 Å². The van der Waals surface area contributed by atoms with E-state index in [4.69, 9.17) is 16.3 Å². The van der Waals surface area contributed by atoms with Gasteiger partial charge in [-0.05, 0) is 43.2 Å². The van der Waals surface area contributed by atoms with E-state index in [0.717, 1.165) is 19.3 Å². The molecule has 0 heterocycles. The smallest absolute Gasteiger partial charge is 0.0831 e. The van der Waals surface area contributed by atoms with E-state index in [-0.39, 0.29) is 16.9 Å². The van der Waals surface area contributed by atoms with Crippen LogP contribution in [-0.2, 0) is 11.2 Å². The van der Waals surface area contributed by atoms with E-state index in [1.54, 1.807) is 0 Å². The van der Waals surface area contributed by atoms with Crippen molar-refractivity contribution in [2.24, 2.45) is 5.41 Å². The lowest BCUT2D eigenvalue weighted by Crippen LogP contribution is -2.53. The minimum Gasteiger partial charge on any atom is -0.370 e. The van der Waals surface area contributed by atoms with Crippen molar-refractivity contribution in [3.8, 4) is 0 Å². The number of aryl methyl sites for hydroxylation is 1. The molecule has 0 amide bonds. The fourth-order valence-electron chi connectivity index (χ4n) is 3.48. The molecule has 104 valence electrons. The Morgan fingerprint density at radius 1 is 1.37 bits per heavy atom. The standard InChI is InChI=1S/C17H23ClO/c1-3-17(2)15(18)11-16(17)19-14-10-6-8-12-7-4-5-9-13(12)14/h4-5,7,9,14-16H,3,6,8,10-11H2,1-2H3. The monoisotopic (exact) mass is 278 g/mol. The molecule has 1 aromatic rings.